The largest absolute Gasteiger partial charge is 0.378 e. The molecule has 2 fully saturated rings. The predicted molar refractivity (Wildman–Crippen MR) is 146 cm³/mol. The van der Waals surface area contributed by atoms with Gasteiger partial charge in [-0.25, -0.2) is 18.7 Å². The number of amides is 1. The molecule has 11 heteroatoms. The third-order valence-electron chi connectivity index (χ3n) is 7.41. The summed E-state index contributed by atoms with van der Waals surface area (Å²) in [6.45, 7) is 3.09. The number of hydrogen-bond acceptors (Lipinski definition) is 8. The summed E-state index contributed by atoms with van der Waals surface area (Å²) in [5, 5.41) is 12.2. The van der Waals surface area contributed by atoms with Crippen molar-refractivity contribution in [2.45, 2.75) is 37.4 Å². The zero-order chi connectivity index (χ0) is 26.8. The van der Waals surface area contributed by atoms with Crippen molar-refractivity contribution < 1.29 is 18.3 Å². The van der Waals surface area contributed by atoms with Gasteiger partial charge in [-0.2, -0.15) is 0 Å². The number of anilines is 4. The molecule has 0 aliphatic carbocycles. The van der Waals surface area contributed by atoms with Gasteiger partial charge in [0.05, 0.1) is 36.3 Å². The van der Waals surface area contributed by atoms with Gasteiger partial charge in [0.15, 0.2) is 5.82 Å². The van der Waals surface area contributed by atoms with Gasteiger partial charge in [0.25, 0.3) is 6.43 Å². The number of halogens is 2. The Morgan fingerprint density at radius 1 is 1.03 bits per heavy atom. The Balaban J connectivity index is 1.33. The minimum Gasteiger partial charge on any atom is -0.378 e. The highest BCUT2D eigenvalue weighted by Crippen LogP contribution is 2.43. The molecule has 3 aromatic rings. The first kappa shape index (κ1) is 25.4. The molecule has 3 aliphatic heterocycles. The van der Waals surface area contributed by atoms with E-state index in [1.807, 2.05) is 4.90 Å². The second-order valence-electron chi connectivity index (χ2n) is 10.0. The summed E-state index contributed by atoms with van der Waals surface area (Å²) in [6, 6.07) is 15.7. The Morgan fingerprint density at radius 2 is 1.74 bits per heavy atom. The van der Waals surface area contributed by atoms with Gasteiger partial charge in [-0.3, -0.25) is 4.79 Å². The van der Waals surface area contributed by atoms with Crippen molar-refractivity contribution in [2.24, 2.45) is 0 Å². The van der Waals surface area contributed by atoms with Crippen LogP contribution in [0.3, 0.4) is 0 Å². The number of alkyl halides is 2. The van der Waals surface area contributed by atoms with E-state index < -0.39 is 12.1 Å². The van der Waals surface area contributed by atoms with E-state index in [2.05, 4.69) is 26.3 Å². The predicted octanol–water partition coefficient (Wildman–Crippen LogP) is 4.02. The monoisotopic (exact) mass is 535 g/mol. The van der Waals surface area contributed by atoms with Gasteiger partial charge in [-0.05, 0) is 55.8 Å². The Labute approximate surface area is 225 Å². The van der Waals surface area contributed by atoms with Gasteiger partial charge in [0.1, 0.15) is 5.82 Å². The lowest BCUT2D eigenvalue weighted by Gasteiger charge is -2.32. The number of benzene rings is 2. The van der Waals surface area contributed by atoms with Crippen LogP contribution in [0.4, 0.5) is 31.7 Å². The van der Waals surface area contributed by atoms with Crippen LogP contribution in [0.2, 0.25) is 0 Å². The molecule has 0 spiro atoms. The van der Waals surface area contributed by atoms with E-state index in [0.717, 1.165) is 25.8 Å². The zero-order valence-electron chi connectivity index (χ0n) is 21.4. The molecule has 4 N–H and O–H groups in total. The summed E-state index contributed by atoms with van der Waals surface area (Å²) in [5.74, 6) is 0.811. The lowest BCUT2D eigenvalue weighted by molar-refractivity contribution is -0.118. The first-order valence-electron chi connectivity index (χ1n) is 13.3. The van der Waals surface area contributed by atoms with Crippen molar-refractivity contribution in [3.63, 3.8) is 0 Å². The molecule has 204 valence electrons. The highest BCUT2D eigenvalue weighted by molar-refractivity contribution is 5.95. The van der Waals surface area contributed by atoms with Crippen molar-refractivity contribution in [3.05, 3.63) is 60.3 Å². The van der Waals surface area contributed by atoms with Gasteiger partial charge in [0.2, 0.25) is 11.6 Å². The molecule has 1 atom stereocenters. The van der Waals surface area contributed by atoms with Crippen molar-refractivity contribution in [2.75, 3.05) is 53.7 Å². The van der Waals surface area contributed by atoms with Crippen LogP contribution in [0, 0.1) is 0 Å². The minimum atomic E-state index is -2.81. The van der Waals surface area contributed by atoms with Crippen LogP contribution in [-0.4, -0.2) is 61.2 Å². The summed E-state index contributed by atoms with van der Waals surface area (Å²) in [4.78, 5) is 24.1. The molecule has 0 unspecified atom stereocenters. The molecule has 6 rings (SSSR count). The highest BCUT2D eigenvalue weighted by atomic mass is 19.3. The molecule has 0 bridgehead atoms. The van der Waals surface area contributed by atoms with Crippen LogP contribution < -0.4 is 26.2 Å². The van der Waals surface area contributed by atoms with Gasteiger partial charge >= 0.3 is 0 Å². The molecular weight excluding hydrogens is 504 g/mol. The average molecular weight is 536 g/mol. The fourth-order valence-corrected chi connectivity index (χ4v) is 5.23. The molecule has 2 aromatic carbocycles. The smallest absolute Gasteiger partial charge is 0.285 e. The van der Waals surface area contributed by atoms with E-state index in [-0.39, 0.29) is 17.6 Å². The first-order chi connectivity index (χ1) is 19.0. The van der Waals surface area contributed by atoms with Crippen LogP contribution in [-0.2, 0) is 15.2 Å². The normalized spacial score (nSPS) is 20.2. The van der Waals surface area contributed by atoms with E-state index in [1.54, 1.807) is 54.6 Å². The van der Waals surface area contributed by atoms with E-state index in [9.17, 15) is 13.6 Å². The molecule has 3 aliphatic rings. The van der Waals surface area contributed by atoms with Gasteiger partial charge < -0.3 is 30.9 Å². The Bertz CT molecular complexity index is 1300. The van der Waals surface area contributed by atoms with E-state index in [4.69, 9.17) is 9.72 Å². The minimum absolute atomic E-state index is 0.0628. The van der Waals surface area contributed by atoms with Gasteiger partial charge in [-0.1, -0.05) is 18.6 Å². The molecule has 1 amide bonds. The maximum Gasteiger partial charge on any atom is 0.285 e. The van der Waals surface area contributed by atoms with Crippen molar-refractivity contribution in [1.29, 1.82) is 0 Å². The number of fused-ring (bicyclic) bond motifs is 1. The maximum atomic E-state index is 14.8. The fraction of sp³-hybridized carbons (Fsp3) is 0.393. The SMILES string of the molecule is O=C(Nc1ccc(-c2nc(N3CCOCC3)cc(C3(C(F)F)Nc4ccccc4N3)n2)cc1)[C@@H]1CCCCN1. The van der Waals surface area contributed by atoms with E-state index in [0.29, 0.717) is 60.6 Å². The molecule has 2 saturated heterocycles. The maximum absolute atomic E-state index is 14.8. The molecule has 39 heavy (non-hydrogen) atoms. The second-order valence-corrected chi connectivity index (χ2v) is 10.0. The molecule has 4 heterocycles. The number of nitrogens with zero attached hydrogens (tertiary/aromatic N) is 3. The summed E-state index contributed by atoms with van der Waals surface area (Å²) >= 11 is 0. The summed E-state index contributed by atoms with van der Waals surface area (Å²) < 4.78 is 35.1. The standard InChI is InChI=1S/C28H31F2N7O2/c29-27(30)28(35-20-5-1-2-6-21(20)36-28)23-17-24(37-13-15-39-16-14-37)34-25(33-23)18-8-10-19(11-9-18)32-26(38)22-7-3-4-12-31-22/h1-2,5-6,8-11,17,22,27,31,35-36H,3-4,7,12-16H2,(H,32,38)/t22-/m0/s1. The molecule has 0 saturated carbocycles. The van der Waals surface area contributed by atoms with Gasteiger partial charge in [-0.15, -0.1) is 0 Å². The number of ether oxygens (including phenoxy) is 1. The molecule has 0 radical (unpaired) electrons. The third kappa shape index (κ3) is 5.11. The van der Waals surface area contributed by atoms with Gasteiger partial charge in [0, 0.05) is 30.4 Å². The fourth-order valence-electron chi connectivity index (χ4n) is 5.23. The van der Waals surface area contributed by atoms with Crippen molar-refractivity contribution in [1.82, 2.24) is 15.3 Å². The number of carbonyl (C=O) groups is 1. The lowest BCUT2D eigenvalue weighted by atomic mass is 10.0. The number of aromatic nitrogens is 2. The zero-order valence-corrected chi connectivity index (χ0v) is 21.4. The number of carbonyl (C=O) groups excluding carboxylic acids is 1. The van der Waals surface area contributed by atoms with Crippen LogP contribution in [0.25, 0.3) is 11.4 Å². The van der Waals surface area contributed by atoms with Crippen LogP contribution in [0.5, 0.6) is 0 Å². The van der Waals surface area contributed by atoms with Crippen LogP contribution in [0.1, 0.15) is 25.0 Å². The Morgan fingerprint density at radius 3 is 2.38 bits per heavy atom. The van der Waals surface area contributed by atoms with Crippen molar-refractivity contribution >= 4 is 28.8 Å². The first-order valence-corrected chi connectivity index (χ1v) is 13.3. The number of piperidine rings is 1. The highest BCUT2D eigenvalue weighted by Gasteiger charge is 2.48. The topological polar surface area (TPSA) is 103 Å². The molecule has 1 aromatic heterocycles. The third-order valence-corrected chi connectivity index (χ3v) is 7.41. The number of hydrogen-bond donors (Lipinski definition) is 4. The van der Waals surface area contributed by atoms with E-state index in [1.165, 1.54) is 0 Å². The van der Waals surface area contributed by atoms with Crippen LogP contribution >= 0.6 is 0 Å². The van der Waals surface area contributed by atoms with E-state index >= 15 is 0 Å². The number of nitrogens with one attached hydrogen (secondary N) is 4. The number of morpholine rings is 1. The summed E-state index contributed by atoms with van der Waals surface area (Å²) in [7, 11) is 0. The van der Waals surface area contributed by atoms with Crippen molar-refractivity contribution in [3.8, 4) is 11.4 Å². The molecule has 9 nitrogen and oxygen atoms in total. The lowest BCUT2D eigenvalue weighted by Crippen LogP contribution is -2.47. The number of para-hydroxylation sites is 2. The summed E-state index contributed by atoms with van der Waals surface area (Å²) in [5.41, 5.74) is 0.695. The second kappa shape index (κ2) is 10.7. The Kier molecular flexibility index (Phi) is 7.01. The molecular formula is C28H31F2N7O2. The average Bonchev–Trinajstić information content (AvgIpc) is 3.40. The Hall–Kier alpha value is -3.83. The number of rotatable bonds is 6. The quantitative estimate of drug-likeness (QED) is 0.376. The van der Waals surface area contributed by atoms with Crippen LogP contribution in [0.15, 0.2) is 54.6 Å². The summed E-state index contributed by atoms with van der Waals surface area (Å²) in [6.07, 6.45) is 0.106.